The van der Waals surface area contributed by atoms with Gasteiger partial charge in [0.1, 0.15) is 11.6 Å². The Bertz CT molecular complexity index is 460. The molecular formula is C14H15NO3. The van der Waals surface area contributed by atoms with Gasteiger partial charge >= 0.3 is 5.97 Å². The number of carbonyl (C=O) groups excluding carboxylic acids is 2. The SMILES string of the molecule is CC[C@H](C)COC(=O)C(C#N)=C1C=CC(=O)C=C1. The molecule has 0 bridgehead atoms. The van der Waals surface area contributed by atoms with Crippen LogP contribution in [0, 0.1) is 17.2 Å². The Kier molecular flexibility index (Phi) is 5.06. The van der Waals surface area contributed by atoms with Gasteiger partial charge in [-0.05, 0) is 35.8 Å². The van der Waals surface area contributed by atoms with Crippen molar-refractivity contribution in [3.8, 4) is 6.07 Å². The summed E-state index contributed by atoms with van der Waals surface area (Å²) >= 11 is 0. The molecule has 18 heavy (non-hydrogen) atoms. The number of hydrogen-bond donors (Lipinski definition) is 0. The summed E-state index contributed by atoms with van der Waals surface area (Å²) in [5, 5.41) is 8.98. The van der Waals surface area contributed by atoms with Gasteiger partial charge in [-0.3, -0.25) is 4.79 Å². The monoisotopic (exact) mass is 245 g/mol. The van der Waals surface area contributed by atoms with E-state index in [2.05, 4.69) is 0 Å². The first-order valence-corrected chi connectivity index (χ1v) is 5.80. The van der Waals surface area contributed by atoms with Crippen LogP contribution in [0.5, 0.6) is 0 Å². The Labute approximate surface area is 106 Å². The van der Waals surface area contributed by atoms with Crippen molar-refractivity contribution in [2.75, 3.05) is 6.61 Å². The molecule has 4 heteroatoms. The van der Waals surface area contributed by atoms with Gasteiger partial charge in [-0.1, -0.05) is 20.3 Å². The highest BCUT2D eigenvalue weighted by Gasteiger charge is 2.16. The van der Waals surface area contributed by atoms with Gasteiger partial charge in [-0.2, -0.15) is 5.26 Å². The maximum absolute atomic E-state index is 11.7. The van der Waals surface area contributed by atoms with Gasteiger partial charge < -0.3 is 4.74 Å². The van der Waals surface area contributed by atoms with Crippen LogP contribution < -0.4 is 0 Å². The van der Waals surface area contributed by atoms with E-state index in [0.29, 0.717) is 12.2 Å². The molecule has 1 atom stereocenters. The fourth-order valence-electron chi connectivity index (χ4n) is 1.26. The fraction of sp³-hybridized carbons (Fsp3) is 0.357. The minimum Gasteiger partial charge on any atom is -0.461 e. The number of ketones is 1. The molecule has 0 aromatic carbocycles. The molecule has 0 aromatic rings. The molecule has 1 aliphatic carbocycles. The quantitative estimate of drug-likeness (QED) is 0.432. The smallest absolute Gasteiger partial charge is 0.349 e. The van der Waals surface area contributed by atoms with Crippen molar-refractivity contribution in [1.82, 2.24) is 0 Å². The van der Waals surface area contributed by atoms with Gasteiger partial charge in [0.05, 0.1) is 6.61 Å². The van der Waals surface area contributed by atoms with Crippen molar-refractivity contribution < 1.29 is 14.3 Å². The van der Waals surface area contributed by atoms with E-state index < -0.39 is 5.97 Å². The van der Waals surface area contributed by atoms with Gasteiger partial charge in [-0.15, -0.1) is 0 Å². The van der Waals surface area contributed by atoms with Crippen LogP contribution in [0.2, 0.25) is 0 Å². The lowest BCUT2D eigenvalue weighted by Gasteiger charge is -2.10. The Morgan fingerprint density at radius 2 is 2.00 bits per heavy atom. The van der Waals surface area contributed by atoms with Gasteiger partial charge in [0.25, 0.3) is 0 Å². The van der Waals surface area contributed by atoms with Crippen LogP contribution in [0.15, 0.2) is 35.5 Å². The molecule has 0 aromatic heterocycles. The molecule has 0 spiro atoms. The topological polar surface area (TPSA) is 67.2 Å². The van der Waals surface area contributed by atoms with Gasteiger partial charge in [-0.25, -0.2) is 4.79 Å². The molecule has 1 rings (SSSR count). The molecule has 0 amide bonds. The third-order valence-electron chi connectivity index (χ3n) is 2.65. The number of nitriles is 1. The fourth-order valence-corrected chi connectivity index (χ4v) is 1.26. The Morgan fingerprint density at radius 3 is 2.50 bits per heavy atom. The van der Waals surface area contributed by atoms with E-state index in [1.807, 2.05) is 19.9 Å². The lowest BCUT2D eigenvalue weighted by atomic mass is 10.0. The summed E-state index contributed by atoms with van der Waals surface area (Å²) in [5.74, 6) is -0.543. The highest BCUT2D eigenvalue weighted by molar-refractivity contribution is 6.03. The zero-order chi connectivity index (χ0) is 13.5. The van der Waals surface area contributed by atoms with E-state index in [-0.39, 0.29) is 17.3 Å². The summed E-state index contributed by atoms with van der Waals surface area (Å²) in [6.07, 6.45) is 6.43. The van der Waals surface area contributed by atoms with Crippen molar-refractivity contribution in [3.05, 3.63) is 35.5 Å². The molecule has 1 aliphatic rings. The molecular weight excluding hydrogens is 230 g/mol. The minimum absolute atomic E-state index is 0.0710. The second-order valence-corrected chi connectivity index (χ2v) is 4.12. The summed E-state index contributed by atoms with van der Waals surface area (Å²) in [5.41, 5.74) is 0.338. The number of hydrogen-bond acceptors (Lipinski definition) is 4. The van der Waals surface area contributed by atoms with E-state index in [4.69, 9.17) is 10.00 Å². The van der Waals surface area contributed by atoms with Crippen LogP contribution in [0.4, 0.5) is 0 Å². The highest BCUT2D eigenvalue weighted by Crippen LogP contribution is 2.14. The van der Waals surface area contributed by atoms with Crippen LogP contribution in [0.1, 0.15) is 20.3 Å². The van der Waals surface area contributed by atoms with Gasteiger partial charge in [0.15, 0.2) is 5.78 Å². The third-order valence-corrected chi connectivity index (χ3v) is 2.65. The van der Waals surface area contributed by atoms with Crippen molar-refractivity contribution in [3.63, 3.8) is 0 Å². The summed E-state index contributed by atoms with van der Waals surface area (Å²) in [4.78, 5) is 22.7. The number of nitrogens with zero attached hydrogens (tertiary/aromatic N) is 1. The van der Waals surface area contributed by atoms with Crippen LogP contribution in [-0.2, 0) is 14.3 Å². The molecule has 0 saturated heterocycles. The molecule has 0 aliphatic heterocycles. The number of ether oxygens (including phenoxy) is 1. The number of esters is 1. The Morgan fingerprint density at radius 1 is 1.39 bits per heavy atom. The van der Waals surface area contributed by atoms with Crippen LogP contribution in [-0.4, -0.2) is 18.4 Å². The molecule has 0 N–H and O–H groups in total. The number of allylic oxidation sites excluding steroid dienone is 5. The second kappa shape index (κ2) is 6.55. The highest BCUT2D eigenvalue weighted by atomic mass is 16.5. The standard InChI is InChI=1S/C14H15NO3/c1-3-10(2)9-18-14(17)13(8-15)11-4-6-12(16)7-5-11/h4-7,10H,3,9H2,1-2H3/t10-/m0/s1. The van der Waals surface area contributed by atoms with Gasteiger partial charge in [0, 0.05) is 0 Å². The van der Waals surface area contributed by atoms with E-state index in [1.54, 1.807) is 0 Å². The summed E-state index contributed by atoms with van der Waals surface area (Å²) in [6.45, 7) is 4.26. The normalized spacial score (nSPS) is 15.2. The van der Waals surface area contributed by atoms with Crippen molar-refractivity contribution in [2.24, 2.45) is 5.92 Å². The van der Waals surface area contributed by atoms with E-state index in [1.165, 1.54) is 24.3 Å². The second-order valence-electron chi connectivity index (χ2n) is 4.12. The van der Waals surface area contributed by atoms with Crippen LogP contribution >= 0.6 is 0 Å². The first kappa shape index (κ1) is 13.9. The zero-order valence-electron chi connectivity index (χ0n) is 10.5. The van der Waals surface area contributed by atoms with Crippen LogP contribution in [0.3, 0.4) is 0 Å². The first-order valence-electron chi connectivity index (χ1n) is 5.80. The lowest BCUT2D eigenvalue weighted by molar-refractivity contribution is -0.139. The zero-order valence-corrected chi connectivity index (χ0v) is 10.5. The lowest BCUT2D eigenvalue weighted by Crippen LogP contribution is -2.14. The maximum atomic E-state index is 11.7. The number of carbonyl (C=O) groups is 2. The molecule has 0 unspecified atom stereocenters. The van der Waals surface area contributed by atoms with Crippen LogP contribution in [0.25, 0.3) is 0 Å². The van der Waals surface area contributed by atoms with Crippen molar-refractivity contribution in [1.29, 1.82) is 5.26 Å². The third kappa shape index (κ3) is 3.70. The Hall–Kier alpha value is -2.15. The van der Waals surface area contributed by atoms with E-state index >= 15 is 0 Å². The van der Waals surface area contributed by atoms with Crippen molar-refractivity contribution >= 4 is 11.8 Å². The average Bonchev–Trinajstić information content (AvgIpc) is 2.39. The van der Waals surface area contributed by atoms with E-state index in [0.717, 1.165) is 6.42 Å². The molecule has 0 radical (unpaired) electrons. The predicted octanol–water partition coefficient (Wildman–Crippen LogP) is 2.09. The maximum Gasteiger partial charge on any atom is 0.349 e. The molecule has 94 valence electrons. The van der Waals surface area contributed by atoms with E-state index in [9.17, 15) is 9.59 Å². The Balaban J connectivity index is 2.79. The summed E-state index contributed by atoms with van der Waals surface area (Å²) in [7, 11) is 0. The van der Waals surface area contributed by atoms with Crippen molar-refractivity contribution in [2.45, 2.75) is 20.3 Å². The number of rotatable bonds is 4. The molecule has 0 heterocycles. The van der Waals surface area contributed by atoms with Gasteiger partial charge in [0.2, 0.25) is 0 Å². The average molecular weight is 245 g/mol. The molecule has 0 fully saturated rings. The predicted molar refractivity (Wildman–Crippen MR) is 66.3 cm³/mol. The minimum atomic E-state index is -0.642. The summed E-state index contributed by atoms with van der Waals surface area (Å²) < 4.78 is 5.06. The molecule has 0 saturated carbocycles. The summed E-state index contributed by atoms with van der Waals surface area (Å²) in [6, 6.07) is 1.82. The first-order chi connectivity index (χ1) is 8.58. The molecule has 4 nitrogen and oxygen atoms in total. The largest absolute Gasteiger partial charge is 0.461 e.